The molecule has 27 heavy (non-hydrogen) atoms. The number of halogens is 2. The number of carbonyl (C=O) groups is 3. The van der Waals surface area contributed by atoms with Crippen LogP contribution in [0.15, 0.2) is 51.9 Å². The summed E-state index contributed by atoms with van der Waals surface area (Å²) in [6.45, 7) is 0. The van der Waals surface area contributed by atoms with E-state index in [-0.39, 0.29) is 0 Å². The molecule has 2 aromatic carbocycles. The Morgan fingerprint density at radius 1 is 1.19 bits per heavy atom. The molecule has 138 valence electrons. The van der Waals surface area contributed by atoms with Crippen LogP contribution in [0.5, 0.6) is 5.75 Å². The number of benzene rings is 2. The number of nitrogens with zero attached hydrogens (tertiary/aromatic N) is 2. The largest absolute Gasteiger partial charge is 0.497 e. The summed E-state index contributed by atoms with van der Waals surface area (Å²) in [5, 5.41) is 2.61. The maximum atomic E-state index is 12.7. The first kappa shape index (κ1) is 19.1. The third-order valence-electron chi connectivity index (χ3n) is 3.81. The van der Waals surface area contributed by atoms with E-state index in [0.717, 1.165) is 4.90 Å². The Hall–Kier alpha value is -2.71. The second kappa shape index (κ2) is 7.89. The van der Waals surface area contributed by atoms with Gasteiger partial charge in [0.15, 0.2) is 5.92 Å². The maximum absolute atomic E-state index is 12.7. The molecule has 1 saturated heterocycles. The fourth-order valence-corrected chi connectivity index (χ4v) is 2.84. The number of amides is 4. The highest BCUT2D eigenvalue weighted by atomic mass is 79.9. The summed E-state index contributed by atoms with van der Waals surface area (Å²) in [6, 6.07) is 10.5. The van der Waals surface area contributed by atoms with Crippen LogP contribution in [0.1, 0.15) is 0 Å². The molecule has 1 aliphatic rings. The van der Waals surface area contributed by atoms with E-state index in [0.29, 0.717) is 26.6 Å². The maximum Gasteiger partial charge on any atom is 0.335 e. The lowest BCUT2D eigenvalue weighted by Gasteiger charge is -2.28. The van der Waals surface area contributed by atoms with Gasteiger partial charge in [0.1, 0.15) is 5.75 Å². The molecule has 3 rings (SSSR count). The van der Waals surface area contributed by atoms with Gasteiger partial charge in [-0.1, -0.05) is 11.6 Å². The molecule has 0 unspecified atom stereocenters. The van der Waals surface area contributed by atoms with E-state index in [9.17, 15) is 14.4 Å². The van der Waals surface area contributed by atoms with Crippen molar-refractivity contribution in [3.05, 3.63) is 52.0 Å². The molecule has 0 saturated carbocycles. The third-order valence-corrected chi connectivity index (χ3v) is 5.04. The number of carbonyl (C=O) groups excluding carboxylic acids is 3. The highest BCUT2D eigenvalue weighted by molar-refractivity contribution is 9.10. The van der Waals surface area contributed by atoms with E-state index >= 15 is 0 Å². The number of anilines is 1. The Balaban J connectivity index is 1.87. The first-order chi connectivity index (χ1) is 12.9. The smallest absolute Gasteiger partial charge is 0.335 e. The standard InChI is InChI=1S/C18H13BrClN3O4/c1-27-12-5-3-11(4-6-12)23-17(25)13(16(24)22-18(23)26)9-21-10-2-7-14(19)15(20)8-10/h2-9,13H,1H3,(H,22,24,26)/t13-/m0/s1. The quantitative estimate of drug-likeness (QED) is 0.568. The molecule has 0 aliphatic carbocycles. The summed E-state index contributed by atoms with van der Waals surface area (Å²) < 4.78 is 5.76. The molecule has 1 N–H and O–H groups in total. The predicted octanol–water partition coefficient (Wildman–Crippen LogP) is 3.71. The lowest BCUT2D eigenvalue weighted by Crippen LogP contribution is -2.58. The van der Waals surface area contributed by atoms with Gasteiger partial charge in [-0.05, 0) is 58.4 Å². The van der Waals surface area contributed by atoms with Crippen molar-refractivity contribution >= 4 is 63.0 Å². The Morgan fingerprint density at radius 3 is 2.52 bits per heavy atom. The van der Waals surface area contributed by atoms with Gasteiger partial charge in [0, 0.05) is 10.7 Å². The minimum atomic E-state index is -1.24. The average molecular weight is 451 g/mol. The summed E-state index contributed by atoms with van der Waals surface area (Å²) in [7, 11) is 1.51. The Bertz CT molecular complexity index is 946. The number of methoxy groups -OCH3 is 1. The fourth-order valence-electron chi connectivity index (χ4n) is 2.42. The second-order valence-electron chi connectivity index (χ2n) is 5.52. The fraction of sp³-hybridized carbons (Fsp3) is 0.111. The Labute approximate surface area is 168 Å². The molecule has 4 amide bonds. The van der Waals surface area contributed by atoms with Gasteiger partial charge in [0.2, 0.25) is 5.91 Å². The minimum absolute atomic E-state index is 0.316. The summed E-state index contributed by atoms with van der Waals surface area (Å²) in [6.07, 6.45) is 1.19. The van der Waals surface area contributed by atoms with Gasteiger partial charge in [0.05, 0.1) is 23.5 Å². The number of ether oxygens (including phenoxy) is 1. The monoisotopic (exact) mass is 449 g/mol. The molecule has 1 aliphatic heterocycles. The van der Waals surface area contributed by atoms with E-state index < -0.39 is 23.8 Å². The number of hydrogen-bond acceptors (Lipinski definition) is 5. The zero-order valence-corrected chi connectivity index (χ0v) is 16.3. The third kappa shape index (κ3) is 4.01. The van der Waals surface area contributed by atoms with Crippen molar-refractivity contribution in [2.24, 2.45) is 10.9 Å². The highest BCUT2D eigenvalue weighted by Gasteiger charge is 2.40. The molecule has 1 heterocycles. The van der Waals surface area contributed by atoms with E-state index in [1.54, 1.807) is 42.5 Å². The van der Waals surface area contributed by atoms with Gasteiger partial charge in [-0.25, -0.2) is 9.69 Å². The van der Waals surface area contributed by atoms with Gasteiger partial charge in [-0.15, -0.1) is 0 Å². The first-order valence-corrected chi connectivity index (χ1v) is 8.90. The van der Waals surface area contributed by atoms with Crippen LogP contribution in [0, 0.1) is 5.92 Å². The average Bonchev–Trinajstić information content (AvgIpc) is 2.64. The van der Waals surface area contributed by atoms with Crippen LogP contribution in [-0.2, 0) is 9.59 Å². The van der Waals surface area contributed by atoms with E-state index in [1.807, 2.05) is 0 Å². The number of imide groups is 2. The van der Waals surface area contributed by atoms with Gasteiger partial charge in [-0.2, -0.15) is 0 Å². The zero-order chi connectivity index (χ0) is 19.6. The van der Waals surface area contributed by atoms with E-state index in [1.165, 1.54) is 13.3 Å². The van der Waals surface area contributed by atoms with E-state index in [2.05, 4.69) is 26.2 Å². The minimum Gasteiger partial charge on any atom is -0.497 e. The Morgan fingerprint density at radius 2 is 1.89 bits per heavy atom. The van der Waals surface area contributed by atoms with Crippen LogP contribution >= 0.6 is 27.5 Å². The van der Waals surface area contributed by atoms with Crippen LogP contribution in [0.3, 0.4) is 0 Å². The Kier molecular flexibility index (Phi) is 5.57. The number of nitrogens with one attached hydrogen (secondary N) is 1. The molecular formula is C18H13BrClN3O4. The lowest BCUT2D eigenvalue weighted by atomic mass is 10.1. The number of rotatable bonds is 4. The number of hydrogen-bond donors (Lipinski definition) is 1. The molecule has 0 radical (unpaired) electrons. The van der Waals surface area contributed by atoms with Gasteiger partial charge in [-0.3, -0.25) is 19.9 Å². The van der Waals surface area contributed by atoms with Gasteiger partial charge in [0.25, 0.3) is 5.91 Å². The van der Waals surface area contributed by atoms with Gasteiger partial charge >= 0.3 is 6.03 Å². The zero-order valence-electron chi connectivity index (χ0n) is 14.0. The van der Waals surface area contributed by atoms with Crippen molar-refractivity contribution in [1.29, 1.82) is 0 Å². The van der Waals surface area contributed by atoms with Crippen LogP contribution in [0.25, 0.3) is 0 Å². The SMILES string of the molecule is COc1ccc(N2C(=O)NC(=O)[C@H](C=Nc3ccc(Br)c(Cl)c3)C2=O)cc1. The highest BCUT2D eigenvalue weighted by Crippen LogP contribution is 2.27. The molecule has 2 aromatic rings. The molecule has 1 fully saturated rings. The summed E-state index contributed by atoms with van der Waals surface area (Å²) >= 11 is 9.28. The van der Waals surface area contributed by atoms with Crippen LogP contribution < -0.4 is 15.0 Å². The van der Waals surface area contributed by atoms with Gasteiger partial charge < -0.3 is 4.74 Å². The van der Waals surface area contributed by atoms with Crippen molar-refractivity contribution in [3.8, 4) is 5.75 Å². The topological polar surface area (TPSA) is 88.1 Å². The normalized spacial score (nSPS) is 17.4. The van der Waals surface area contributed by atoms with E-state index in [4.69, 9.17) is 16.3 Å². The summed E-state index contributed by atoms with van der Waals surface area (Å²) in [4.78, 5) is 42.0. The molecule has 9 heteroatoms. The lowest BCUT2D eigenvalue weighted by molar-refractivity contribution is -0.131. The van der Waals surface area contributed by atoms with Crippen molar-refractivity contribution in [1.82, 2.24) is 5.32 Å². The molecule has 1 atom stereocenters. The van der Waals surface area contributed by atoms with Crippen molar-refractivity contribution in [3.63, 3.8) is 0 Å². The molecule has 0 bridgehead atoms. The van der Waals surface area contributed by atoms with Crippen LogP contribution in [0.2, 0.25) is 5.02 Å². The molecule has 7 nitrogen and oxygen atoms in total. The first-order valence-electron chi connectivity index (χ1n) is 7.73. The molecule has 0 aromatic heterocycles. The van der Waals surface area contributed by atoms with Crippen molar-refractivity contribution in [2.45, 2.75) is 0 Å². The second-order valence-corrected chi connectivity index (χ2v) is 6.78. The number of barbiturate groups is 1. The van der Waals surface area contributed by atoms with Crippen molar-refractivity contribution < 1.29 is 19.1 Å². The molecular weight excluding hydrogens is 438 g/mol. The predicted molar refractivity (Wildman–Crippen MR) is 105 cm³/mol. The molecule has 0 spiro atoms. The summed E-state index contributed by atoms with van der Waals surface area (Å²) in [5.41, 5.74) is 0.785. The van der Waals surface area contributed by atoms with Crippen LogP contribution in [0.4, 0.5) is 16.2 Å². The van der Waals surface area contributed by atoms with Crippen molar-refractivity contribution in [2.75, 3.05) is 12.0 Å². The summed E-state index contributed by atoms with van der Waals surface area (Å²) in [5.74, 6) is -2.10. The van der Waals surface area contributed by atoms with Crippen LogP contribution in [-0.4, -0.2) is 31.2 Å². The number of aliphatic imine (C=N–C) groups is 1. The number of urea groups is 1.